The average Bonchev–Trinajstić information content (AvgIpc) is 3.45. The van der Waals surface area contributed by atoms with Crippen LogP contribution in [0.3, 0.4) is 0 Å². The normalized spacial score (nSPS) is 18.4. The number of amides is 4. The summed E-state index contributed by atoms with van der Waals surface area (Å²) in [4.78, 5) is 31.5. The molecule has 0 saturated carbocycles. The topological polar surface area (TPSA) is 65.6 Å². The summed E-state index contributed by atoms with van der Waals surface area (Å²) in [5, 5.41) is 2.76. The Bertz CT molecular complexity index is 1430. The highest BCUT2D eigenvalue weighted by molar-refractivity contribution is 6.05. The lowest BCUT2D eigenvalue weighted by Gasteiger charge is -2.29. The molecule has 8 nitrogen and oxygen atoms in total. The summed E-state index contributed by atoms with van der Waals surface area (Å²) >= 11 is 0. The number of hydrazine groups is 1. The van der Waals surface area contributed by atoms with Crippen molar-refractivity contribution in [2.45, 2.75) is 12.3 Å². The van der Waals surface area contributed by atoms with Crippen LogP contribution in [0.1, 0.15) is 23.5 Å². The standard InChI is InChI=1S/C30H24F2N4O4/c1-39-25-15-3-19(4-16-25)27-33(23-11-7-21(31)8-12-23)29(37)36-28(20-5-17-26(40-2)18-6-20)34(30(38)35(27)36)24-13-9-22(32)10-14-24/h3-18,27-28H,1-2H3/t27-,28-/m1/s1. The number of fused-ring (bicyclic) bond motifs is 1. The quantitative estimate of drug-likeness (QED) is 0.280. The van der Waals surface area contributed by atoms with Gasteiger partial charge in [-0.25, -0.2) is 28.4 Å². The zero-order chi connectivity index (χ0) is 28.0. The first-order valence-electron chi connectivity index (χ1n) is 12.4. The Morgan fingerprint density at radius 2 is 0.850 bits per heavy atom. The first kappa shape index (κ1) is 25.2. The van der Waals surface area contributed by atoms with Crippen LogP contribution in [0.5, 0.6) is 11.5 Å². The Balaban J connectivity index is 1.53. The van der Waals surface area contributed by atoms with Crippen molar-refractivity contribution >= 4 is 23.4 Å². The molecule has 2 aliphatic rings. The molecular weight excluding hydrogens is 518 g/mol. The van der Waals surface area contributed by atoms with E-state index in [1.807, 2.05) is 0 Å². The van der Waals surface area contributed by atoms with Crippen LogP contribution < -0.4 is 19.3 Å². The van der Waals surface area contributed by atoms with E-state index < -0.39 is 36.0 Å². The summed E-state index contributed by atoms with van der Waals surface area (Å²) in [6.45, 7) is 0. The highest BCUT2D eigenvalue weighted by atomic mass is 19.1. The molecule has 0 N–H and O–H groups in total. The summed E-state index contributed by atoms with van der Waals surface area (Å²) < 4.78 is 38.3. The number of hydrogen-bond acceptors (Lipinski definition) is 4. The SMILES string of the molecule is COc1ccc([C@@H]2N(c3ccc(F)cc3)C(=O)N3[C@H](c4ccc(OC)cc4)N(c4ccc(F)cc4)C(=O)N23)cc1. The predicted molar refractivity (Wildman–Crippen MR) is 144 cm³/mol. The molecule has 4 aromatic rings. The van der Waals surface area contributed by atoms with E-state index in [4.69, 9.17) is 9.47 Å². The van der Waals surface area contributed by atoms with Gasteiger partial charge in [-0.15, -0.1) is 0 Å². The maximum absolute atomic E-state index is 14.3. The Morgan fingerprint density at radius 3 is 1.15 bits per heavy atom. The minimum atomic E-state index is -0.900. The molecule has 4 amide bonds. The van der Waals surface area contributed by atoms with Crippen molar-refractivity contribution in [2.75, 3.05) is 24.0 Å². The molecule has 2 saturated heterocycles. The molecule has 40 heavy (non-hydrogen) atoms. The molecule has 0 radical (unpaired) electrons. The monoisotopic (exact) mass is 542 g/mol. The highest BCUT2D eigenvalue weighted by Gasteiger charge is 2.59. The molecule has 2 heterocycles. The van der Waals surface area contributed by atoms with Gasteiger partial charge in [0.15, 0.2) is 12.3 Å². The van der Waals surface area contributed by atoms with Crippen LogP contribution in [0.15, 0.2) is 97.1 Å². The maximum atomic E-state index is 14.3. The molecule has 0 aromatic heterocycles. The van der Waals surface area contributed by atoms with E-state index in [9.17, 15) is 18.4 Å². The van der Waals surface area contributed by atoms with Crippen molar-refractivity contribution in [3.63, 3.8) is 0 Å². The Labute approximate surface area is 229 Å². The second-order valence-corrected chi connectivity index (χ2v) is 9.24. The number of methoxy groups -OCH3 is 2. The molecule has 202 valence electrons. The lowest BCUT2D eigenvalue weighted by molar-refractivity contribution is 0.0696. The van der Waals surface area contributed by atoms with Crippen LogP contribution in [0.2, 0.25) is 0 Å². The van der Waals surface area contributed by atoms with E-state index in [0.717, 1.165) is 0 Å². The van der Waals surface area contributed by atoms with Crippen molar-refractivity contribution in [2.24, 2.45) is 0 Å². The van der Waals surface area contributed by atoms with Crippen LogP contribution in [0.4, 0.5) is 29.7 Å². The molecule has 10 heteroatoms. The molecule has 0 unspecified atom stereocenters. The molecule has 0 aliphatic carbocycles. The highest BCUT2D eigenvalue weighted by Crippen LogP contribution is 2.49. The van der Waals surface area contributed by atoms with Gasteiger partial charge in [0.2, 0.25) is 0 Å². The number of halogens is 2. The van der Waals surface area contributed by atoms with E-state index >= 15 is 0 Å². The summed E-state index contributed by atoms with van der Waals surface area (Å²) in [5.74, 6) is 0.309. The zero-order valence-electron chi connectivity index (χ0n) is 21.6. The van der Waals surface area contributed by atoms with Crippen LogP contribution >= 0.6 is 0 Å². The van der Waals surface area contributed by atoms with Gasteiger partial charge >= 0.3 is 12.1 Å². The molecular formula is C30H24F2N4O4. The van der Waals surface area contributed by atoms with E-state index in [1.54, 1.807) is 62.8 Å². The van der Waals surface area contributed by atoms with Crippen molar-refractivity contribution in [1.29, 1.82) is 0 Å². The van der Waals surface area contributed by atoms with Gasteiger partial charge in [-0.2, -0.15) is 0 Å². The average molecular weight is 543 g/mol. The molecule has 2 fully saturated rings. The van der Waals surface area contributed by atoms with Gasteiger partial charge in [-0.05, 0) is 83.9 Å². The third kappa shape index (κ3) is 4.05. The van der Waals surface area contributed by atoms with Gasteiger partial charge in [0.1, 0.15) is 23.1 Å². The summed E-state index contributed by atoms with van der Waals surface area (Å²) in [6.07, 6.45) is -1.80. The molecule has 2 atom stereocenters. The van der Waals surface area contributed by atoms with Gasteiger partial charge in [-0.3, -0.25) is 9.80 Å². The van der Waals surface area contributed by atoms with Gasteiger partial charge in [0.25, 0.3) is 0 Å². The second-order valence-electron chi connectivity index (χ2n) is 9.24. The molecule has 2 aliphatic heterocycles. The van der Waals surface area contributed by atoms with E-state index in [0.29, 0.717) is 34.0 Å². The van der Waals surface area contributed by atoms with Crippen molar-refractivity contribution < 1.29 is 27.8 Å². The predicted octanol–water partition coefficient (Wildman–Crippen LogP) is 6.48. The summed E-state index contributed by atoms with van der Waals surface area (Å²) in [5.41, 5.74) is 2.08. The van der Waals surface area contributed by atoms with Crippen molar-refractivity contribution in [1.82, 2.24) is 10.0 Å². The number of benzene rings is 4. The molecule has 4 aromatic carbocycles. The maximum Gasteiger partial charge on any atom is 0.347 e. The van der Waals surface area contributed by atoms with E-state index in [2.05, 4.69) is 0 Å². The largest absolute Gasteiger partial charge is 0.497 e. The van der Waals surface area contributed by atoms with Gasteiger partial charge in [0.05, 0.1) is 14.2 Å². The summed E-state index contributed by atoms with van der Waals surface area (Å²) in [6, 6.07) is 24.1. The van der Waals surface area contributed by atoms with Gasteiger partial charge in [-0.1, -0.05) is 24.3 Å². The van der Waals surface area contributed by atoms with Crippen LogP contribution in [0, 0.1) is 11.6 Å². The molecule has 0 bridgehead atoms. The zero-order valence-corrected chi connectivity index (χ0v) is 21.6. The van der Waals surface area contributed by atoms with Crippen molar-refractivity contribution in [3.05, 3.63) is 120 Å². The number of carbonyl (C=O) groups excluding carboxylic acids is 2. The lowest BCUT2D eigenvalue weighted by atomic mass is 10.1. The number of hydrogen-bond donors (Lipinski definition) is 0. The fourth-order valence-electron chi connectivity index (χ4n) is 5.12. The van der Waals surface area contributed by atoms with Crippen LogP contribution in [-0.4, -0.2) is 36.3 Å². The van der Waals surface area contributed by atoms with E-state index in [1.165, 1.54) is 68.3 Å². The minimum absolute atomic E-state index is 0.413. The molecule has 6 rings (SSSR count). The Morgan fingerprint density at radius 1 is 0.525 bits per heavy atom. The number of rotatable bonds is 6. The smallest absolute Gasteiger partial charge is 0.347 e. The van der Waals surface area contributed by atoms with Crippen LogP contribution in [0.25, 0.3) is 0 Å². The third-order valence-corrected chi connectivity index (χ3v) is 7.03. The van der Waals surface area contributed by atoms with Gasteiger partial charge < -0.3 is 9.47 Å². The lowest BCUT2D eigenvalue weighted by Crippen LogP contribution is -2.40. The number of urea groups is 2. The fraction of sp³-hybridized carbons (Fsp3) is 0.133. The Kier molecular flexibility index (Phi) is 6.22. The minimum Gasteiger partial charge on any atom is -0.497 e. The molecule has 0 spiro atoms. The third-order valence-electron chi connectivity index (χ3n) is 7.03. The number of nitrogens with zero attached hydrogens (tertiary/aromatic N) is 4. The van der Waals surface area contributed by atoms with Gasteiger partial charge in [0, 0.05) is 11.4 Å². The number of carbonyl (C=O) groups is 2. The Hall–Kier alpha value is -5.12. The fourth-order valence-corrected chi connectivity index (χ4v) is 5.12. The first-order chi connectivity index (χ1) is 19.4. The first-order valence-corrected chi connectivity index (χ1v) is 12.4. The van der Waals surface area contributed by atoms with Crippen molar-refractivity contribution in [3.8, 4) is 11.5 Å². The van der Waals surface area contributed by atoms with E-state index in [-0.39, 0.29) is 0 Å². The van der Waals surface area contributed by atoms with Crippen LogP contribution in [-0.2, 0) is 0 Å². The summed E-state index contributed by atoms with van der Waals surface area (Å²) in [7, 11) is 3.09. The number of anilines is 2. The second kappa shape index (κ2) is 9.88. The number of ether oxygens (including phenoxy) is 2.